The van der Waals surface area contributed by atoms with Crippen LogP contribution in [0.25, 0.3) is 0 Å². The van der Waals surface area contributed by atoms with Gasteiger partial charge in [-0.25, -0.2) is 4.79 Å². The zero-order valence-electron chi connectivity index (χ0n) is 21.3. The summed E-state index contributed by atoms with van der Waals surface area (Å²) in [6, 6.07) is 16.3. The minimum atomic E-state index is -0.602. The molecule has 0 aliphatic heterocycles. The number of thiophene rings is 1. The van der Waals surface area contributed by atoms with Gasteiger partial charge in [0.2, 0.25) is 11.8 Å². The smallest absolute Gasteiger partial charge is 0.341 e. The average molecular weight is 552 g/mol. The monoisotopic (exact) mass is 551 g/mol. The zero-order valence-corrected chi connectivity index (χ0v) is 23.0. The molecule has 38 heavy (non-hydrogen) atoms. The minimum Gasteiger partial charge on any atom is -0.462 e. The van der Waals surface area contributed by atoms with Gasteiger partial charge in [0.25, 0.3) is 5.91 Å². The molecule has 3 amide bonds. The standard InChI is InChI=1S/C28H29N3O5S2/c1-4-36-28(35)22-16(2)23(26(34)29-19-9-6-5-7-10-19)38-27(22)31-24(32)17(3)37-21-12-8-11-20(15-21)30-25(33)18-13-14-18/h5-12,15,17-18H,4,13-14H2,1-3H3,(H,29,34)(H,30,33)(H,31,32). The Morgan fingerprint density at radius 2 is 1.71 bits per heavy atom. The quantitative estimate of drug-likeness (QED) is 0.212. The van der Waals surface area contributed by atoms with Crippen molar-refractivity contribution in [1.82, 2.24) is 0 Å². The highest BCUT2D eigenvalue weighted by atomic mass is 32.2. The molecule has 1 unspecified atom stereocenters. The van der Waals surface area contributed by atoms with Gasteiger partial charge in [-0.15, -0.1) is 23.1 Å². The molecular formula is C28H29N3O5S2. The van der Waals surface area contributed by atoms with Crippen molar-refractivity contribution in [3.05, 3.63) is 70.6 Å². The molecule has 1 fully saturated rings. The fraction of sp³-hybridized carbons (Fsp3) is 0.286. The highest BCUT2D eigenvalue weighted by Gasteiger charge is 2.30. The lowest BCUT2D eigenvalue weighted by molar-refractivity contribution is -0.117. The summed E-state index contributed by atoms with van der Waals surface area (Å²) in [5.41, 5.74) is 1.92. The number of carbonyl (C=O) groups excluding carboxylic acids is 4. The number of anilines is 3. The van der Waals surface area contributed by atoms with E-state index in [4.69, 9.17) is 4.74 Å². The van der Waals surface area contributed by atoms with E-state index in [9.17, 15) is 19.2 Å². The van der Waals surface area contributed by atoms with Crippen LogP contribution >= 0.6 is 23.1 Å². The van der Waals surface area contributed by atoms with Gasteiger partial charge in [-0.1, -0.05) is 24.3 Å². The molecule has 2 aromatic carbocycles. The van der Waals surface area contributed by atoms with E-state index in [0.717, 1.165) is 29.1 Å². The number of thioether (sulfide) groups is 1. The third kappa shape index (κ3) is 6.81. The Morgan fingerprint density at radius 1 is 1.00 bits per heavy atom. The van der Waals surface area contributed by atoms with Gasteiger partial charge in [0.05, 0.1) is 22.3 Å². The van der Waals surface area contributed by atoms with E-state index in [1.54, 1.807) is 32.9 Å². The van der Waals surface area contributed by atoms with Crippen LogP contribution in [0.4, 0.5) is 16.4 Å². The first kappa shape index (κ1) is 27.4. The van der Waals surface area contributed by atoms with Crippen molar-refractivity contribution in [3.63, 3.8) is 0 Å². The lowest BCUT2D eigenvalue weighted by Crippen LogP contribution is -2.23. The van der Waals surface area contributed by atoms with Crippen LogP contribution < -0.4 is 16.0 Å². The van der Waals surface area contributed by atoms with E-state index in [2.05, 4.69) is 16.0 Å². The van der Waals surface area contributed by atoms with Crippen LogP contribution in [0.2, 0.25) is 0 Å². The van der Waals surface area contributed by atoms with Crippen molar-refractivity contribution < 1.29 is 23.9 Å². The maximum Gasteiger partial charge on any atom is 0.341 e. The summed E-state index contributed by atoms with van der Waals surface area (Å²) in [7, 11) is 0. The Kier molecular flexibility index (Phi) is 8.85. The summed E-state index contributed by atoms with van der Waals surface area (Å²) >= 11 is 2.36. The number of hydrogen-bond acceptors (Lipinski definition) is 7. The highest BCUT2D eigenvalue weighted by Crippen LogP contribution is 2.36. The first-order valence-corrected chi connectivity index (χ1v) is 14.0. The number of para-hydroxylation sites is 1. The summed E-state index contributed by atoms with van der Waals surface area (Å²) < 4.78 is 5.21. The van der Waals surface area contributed by atoms with Gasteiger partial charge < -0.3 is 20.7 Å². The third-order valence-electron chi connectivity index (χ3n) is 5.83. The Hall–Kier alpha value is -3.63. The molecule has 0 saturated heterocycles. The summed E-state index contributed by atoms with van der Waals surface area (Å²) in [4.78, 5) is 52.1. The normalized spacial score (nSPS) is 13.3. The maximum atomic E-state index is 13.1. The summed E-state index contributed by atoms with van der Waals surface area (Å²) in [5, 5.41) is 8.31. The van der Waals surface area contributed by atoms with Crippen LogP contribution in [0, 0.1) is 12.8 Å². The van der Waals surface area contributed by atoms with Crippen molar-refractivity contribution >= 4 is 63.2 Å². The molecule has 1 atom stereocenters. The van der Waals surface area contributed by atoms with Gasteiger partial charge in [-0.05, 0) is 69.5 Å². The largest absolute Gasteiger partial charge is 0.462 e. The van der Waals surface area contributed by atoms with Crippen LogP contribution in [0.5, 0.6) is 0 Å². The second-order valence-electron chi connectivity index (χ2n) is 8.84. The second-order valence-corrected chi connectivity index (χ2v) is 11.3. The molecular weight excluding hydrogens is 522 g/mol. The van der Waals surface area contributed by atoms with E-state index in [1.165, 1.54) is 11.8 Å². The van der Waals surface area contributed by atoms with Crippen molar-refractivity contribution in [3.8, 4) is 0 Å². The molecule has 1 heterocycles. The molecule has 1 aliphatic carbocycles. The van der Waals surface area contributed by atoms with E-state index < -0.39 is 11.2 Å². The summed E-state index contributed by atoms with van der Waals surface area (Å²) in [5.74, 6) is -1.20. The molecule has 0 radical (unpaired) electrons. The SMILES string of the molecule is CCOC(=O)c1c(NC(=O)C(C)Sc2cccc(NC(=O)C3CC3)c2)sc(C(=O)Nc2ccccc2)c1C. The first-order chi connectivity index (χ1) is 18.3. The first-order valence-electron chi connectivity index (χ1n) is 12.3. The van der Waals surface area contributed by atoms with Gasteiger partial charge in [0.15, 0.2) is 0 Å². The number of hydrogen-bond donors (Lipinski definition) is 3. The second kappa shape index (κ2) is 12.3. The van der Waals surface area contributed by atoms with Gasteiger partial charge in [0.1, 0.15) is 5.00 Å². The number of nitrogens with one attached hydrogen (secondary N) is 3. The molecule has 1 saturated carbocycles. The Labute approximate surface area is 229 Å². The number of rotatable bonds is 10. The van der Waals surface area contributed by atoms with Crippen molar-refractivity contribution in [1.29, 1.82) is 0 Å². The highest BCUT2D eigenvalue weighted by molar-refractivity contribution is 8.00. The lowest BCUT2D eigenvalue weighted by Gasteiger charge is -2.13. The number of esters is 1. The van der Waals surface area contributed by atoms with Crippen LogP contribution in [-0.2, 0) is 14.3 Å². The maximum absolute atomic E-state index is 13.1. The molecule has 4 rings (SSSR count). The molecule has 3 aromatic rings. The fourth-order valence-electron chi connectivity index (χ4n) is 3.68. The molecule has 198 valence electrons. The van der Waals surface area contributed by atoms with Gasteiger partial charge >= 0.3 is 5.97 Å². The average Bonchev–Trinajstić information content (AvgIpc) is 3.69. The van der Waals surface area contributed by atoms with E-state index in [1.807, 2.05) is 42.5 Å². The summed E-state index contributed by atoms with van der Waals surface area (Å²) in [6.45, 7) is 5.27. The van der Waals surface area contributed by atoms with Crippen molar-refractivity contribution in [2.75, 3.05) is 22.6 Å². The predicted octanol–water partition coefficient (Wildman–Crippen LogP) is 5.95. The van der Waals surface area contributed by atoms with Crippen LogP contribution in [0.1, 0.15) is 52.3 Å². The van der Waals surface area contributed by atoms with E-state index in [-0.39, 0.29) is 40.8 Å². The molecule has 0 bridgehead atoms. The number of ether oxygens (including phenoxy) is 1. The molecule has 3 N–H and O–H groups in total. The topological polar surface area (TPSA) is 114 Å². The van der Waals surface area contributed by atoms with E-state index in [0.29, 0.717) is 21.8 Å². The van der Waals surface area contributed by atoms with Crippen molar-refractivity contribution in [2.45, 2.75) is 43.8 Å². The Bertz CT molecular complexity index is 1350. The van der Waals surface area contributed by atoms with Gasteiger partial charge in [-0.3, -0.25) is 14.4 Å². The predicted molar refractivity (Wildman–Crippen MR) is 151 cm³/mol. The lowest BCUT2D eigenvalue weighted by atomic mass is 10.1. The van der Waals surface area contributed by atoms with Gasteiger partial charge in [-0.2, -0.15) is 0 Å². The van der Waals surface area contributed by atoms with E-state index >= 15 is 0 Å². The third-order valence-corrected chi connectivity index (χ3v) is 8.13. The molecule has 10 heteroatoms. The number of carbonyl (C=O) groups is 4. The molecule has 1 aliphatic rings. The molecule has 1 aromatic heterocycles. The van der Waals surface area contributed by atoms with Crippen LogP contribution in [0.15, 0.2) is 59.5 Å². The molecule has 8 nitrogen and oxygen atoms in total. The zero-order chi connectivity index (χ0) is 27.2. The Morgan fingerprint density at radius 3 is 2.39 bits per heavy atom. The van der Waals surface area contributed by atoms with Gasteiger partial charge in [0, 0.05) is 22.2 Å². The fourth-order valence-corrected chi connectivity index (χ4v) is 5.70. The number of amides is 3. The van der Waals surface area contributed by atoms with Crippen LogP contribution in [-0.4, -0.2) is 35.5 Å². The Balaban J connectivity index is 1.49. The van der Waals surface area contributed by atoms with Crippen LogP contribution in [0.3, 0.4) is 0 Å². The number of benzene rings is 2. The van der Waals surface area contributed by atoms with Crippen molar-refractivity contribution in [2.24, 2.45) is 5.92 Å². The summed E-state index contributed by atoms with van der Waals surface area (Å²) in [6.07, 6.45) is 1.84. The molecule has 0 spiro atoms. The minimum absolute atomic E-state index is 0.0182.